The first-order chi connectivity index (χ1) is 12.4. The number of aromatic nitrogens is 5. The second-order valence-electron chi connectivity index (χ2n) is 6.28. The van der Waals surface area contributed by atoms with Crippen LogP contribution in [0.3, 0.4) is 0 Å². The molecule has 0 amide bonds. The molecule has 0 atom stereocenters. The molecule has 0 unspecified atom stereocenters. The molecular formula is C18H18N6S. The number of hydrogen-bond acceptors (Lipinski definition) is 5. The molecule has 2 N–H and O–H groups in total. The lowest BCUT2D eigenvalue weighted by atomic mass is 10.3. The Morgan fingerprint density at radius 3 is 2.96 bits per heavy atom. The molecule has 0 bridgehead atoms. The summed E-state index contributed by atoms with van der Waals surface area (Å²) < 4.78 is 2.26. The molecule has 4 aromatic heterocycles. The molecule has 7 heteroatoms. The predicted octanol–water partition coefficient (Wildman–Crippen LogP) is 3.87. The first kappa shape index (κ1) is 14.7. The van der Waals surface area contributed by atoms with Crippen LogP contribution in [0.2, 0.25) is 0 Å². The van der Waals surface area contributed by atoms with E-state index < -0.39 is 0 Å². The maximum atomic E-state index is 4.76. The minimum atomic E-state index is 0.497. The van der Waals surface area contributed by atoms with E-state index in [1.165, 1.54) is 17.7 Å². The minimum absolute atomic E-state index is 0.497. The lowest BCUT2D eigenvalue weighted by Gasteiger charge is -2.07. The van der Waals surface area contributed by atoms with Gasteiger partial charge < -0.3 is 14.9 Å². The van der Waals surface area contributed by atoms with Crippen LogP contribution in [-0.2, 0) is 6.42 Å². The highest BCUT2D eigenvalue weighted by molar-refractivity contribution is 7.09. The average molecular weight is 350 g/mol. The van der Waals surface area contributed by atoms with Crippen molar-refractivity contribution in [3.8, 4) is 11.5 Å². The number of hydrogen-bond donors (Lipinski definition) is 2. The van der Waals surface area contributed by atoms with Crippen LogP contribution in [0.4, 0.5) is 5.95 Å². The van der Waals surface area contributed by atoms with Crippen molar-refractivity contribution in [3.05, 3.63) is 46.9 Å². The van der Waals surface area contributed by atoms with Crippen molar-refractivity contribution in [2.24, 2.45) is 0 Å². The van der Waals surface area contributed by atoms with Gasteiger partial charge in [-0.2, -0.15) is 4.98 Å². The number of nitrogens with one attached hydrogen (secondary N) is 2. The lowest BCUT2D eigenvalue weighted by Crippen LogP contribution is -2.08. The van der Waals surface area contributed by atoms with E-state index in [0.29, 0.717) is 12.0 Å². The molecule has 4 aromatic rings. The second kappa shape index (κ2) is 6.00. The third-order valence-electron chi connectivity index (χ3n) is 4.42. The number of anilines is 1. The molecular weight excluding hydrogens is 332 g/mol. The van der Waals surface area contributed by atoms with E-state index in [-0.39, 0.29) is 0 Å². The molecule has 6 nitrogen and oxygen atoms in total. The van der Waals surface area contributed by atoms with Crippen LogP contribution in [0.25, 0.3) is 22.7 Å². The molecule has 1 fully saturated rings. The van der Waals surface area contributed by atoms with E-state index in [9.17, 15) is 0 Å². The van der Waals surface area contributed by atoms with Gasteiger partial charge in [0.15, 0.2) is 11.5 Å². The van der Waals surface area contributed by atoms with Crippen LogP contribution in [0.1, 0.15) is 23.8 Å². The lowest BCUT2D eigenvalue weighted by molar-refractivity contribution is 0.763. The SMILES string of the molecule is c1c[nH]c(-c2nc3cnc(NCCc4cccs4)nc3n2C2CC2)c1. The summed E-state index contributed by atoms with van der Waals surface area (Å²) >= 11 is 1.78. The van der Waals surface area contributed by atoms with E-state index >= 15 is 0 Å². The molecule has 1 aliphatic carbocycles. The highest BCUT2D eigenvalue weighted by Crippen LogP contribution is 2.40. The van der Waals surface area contributed by atoms with Crippen molar-refractivity contribution < 1.29 is 0 Å². The summed E-state index contributed by atoms with van der Waals surface area (Å²) in [4.78, 5) is 18.6. The fourth-order valence-electron chi connectivity index (χ4n) is 3.07. The number of imidazole rings is 1. The maximum absolute atomic E-state index is 4.76. The van der Waals surface area contributed by atoms with Gasteiger partial charge in [-0.3, -0.25) is 0 Å². The van der Waals surface area contributed by atoms with Gasteiger partial charge in [-0.25, -0.2) is 9.97 Å². The summed E-state index contributed by atoms with van der Waals surface area (Å²) in [6, 6.07) is 8.78. The zero-order valence-corrected chi connectivity index (χ0v) is 14.5. The Bertz CT molecular complexity index is 982. The van der Waals surface area contributed by atoms with Gasteiger partial charge in [-0.1, -0.05) is 6.07 Å². The summed E-state index contributed by atoms with van der Waals surface area (Å²) in [5.74, 6) is 1.62. The number of rotatable bonds is 6. The van der Waals surface area contributed by atoms with Crippen molar-refractivity contribution in [2.75, 3.05) is 11.9 Å². The summed E-state index contributed by atoms with van der Waals surface area (Å²) in [5.41, 5.74) is 2.79. The first-order valence-corrected chi connectivity index (χ1v) is 9.41. The fourth-order valence-corrected chi connectivity index (χ4v) is 3.78. The quantitative estimate of drug-likeness (QED) is 0.554. The monoisotopic (exact) mass is 350 g/mol. The van der Waals surface area contributed by atoms with Gasteiger partial charge in [0.2, 0.25) is 5.95 Å². The van der Waals surface area contributed by atoms with Gasteiger partial charge in [0.1, 0.15) is 5.52 Å². The van der Waals surface area contributed by atoms with Gasteiger partial charge in [-0.15, -0.1) is 11.3 Å². The van der Waals surface area contributed by atoms with Crippen LogP contribution in [0, 0.1) is 0 Å². The van der Waals surface area contributed by atoms with Crippen LogP contribution in [0.15, 0.2) is 42.0 Å². The summed E-state index contributed by atoms with van der Waals surface area (Å²) in [6.07, 6.45) is 7.10. The van der Waals surface area contributed by atoms with E-state index in [0.717, 1.165) is 35.6 Å². The van der Waals surface area contributed by atoms with Crippen molar-refractivity contribution in [1.82, 2.24) is 24.5 Å². The largest absolute Gasteiger partial charge is 0.359 e. The Labute approximate surface area is 149 Å². The van der Waals surface area contributed by atoms with E-state index in [4.69, 9.17) is 9.97 Å². The Morgan fingerprint density at radius 1 is 1.24 bits per heavy atom. The number of H-pyrrole nitrogens is 1. The van der Waals surface area contributed by atoms with Crippen LogP contribution in [-0.4, -0.2) is 31.0 Å². The minimum Gasteiger partial charge on any atom is -0.359 e. The Morgan fingerprint density at radius 2 is 2.20 bits per heavy atom. The zero-order chi connectivity index (χ0) is 16.6. The second-order valence-corrected chi connectivity index (χ2v) is 7.31. The molecule has 1 aliphatic rings. The van der Waals surface area contributed by atoms with Crippen molar-refractivity contribution in [1.29, 1.82) is 0 Å². The molecule has 0 aliphatic heterocycles. The Hall–Kier alpha value is -2.67. The molecule has 0 radical (unpaired) electrons. The van der Waals surface area contributed by atoms with Crippen LogP contribution < -0.4 is 5.32 Å². The molecule has 4 heterocycles. The fraction of sp³-hybridized carbons (Fsp3) is 0.278. The third kappa shape index (κ3) is 2.80. The number of nitrogens with zero attached hydrogens (tertiary/aromatic N) is 4. The molecule has 0 aromatic carbocycles. The van der Waals surface area contributed by atoms with Crippen molar-refractivity contribution in [3.63, 3.8) is 0 Å². The molecule has 0 spiro atoms. The Balaban J connectivity index is 1.45. The van der Waals surface area contributed by atoms with Gasteiger partial charge in [0.05, 0.1) is 11.9 Å². The highest BCUT2D eigenvalue weighted by atomic mass is 32.1. The zero-order valence-electron chi connectivity index (χ0n) is 13.6. The van der Waals surface area contributed by atoms with Crippen molar-refractivity contribution in [2.45, 2.75) is 25.3 Å². The summed E-state index contributed by atoms with van der Waals surface area (Å²) in [7, 11) is 0. The normalized spacial score (nSPS) is 14.2. The van der Waals surface area contributed by atoms with Gasteiger partial charge >= 0.3 is 0 Å². The maximum Gasteiger partial charge on any atom is 0.224 e. The first-order valence-electron chi connectivity index (χ1n) is 8.53. The molecule has 25 heavy (non-hydrogen) atoms. The van der Waals surface area contributed by atoms with Gasteiger partial charge in [0.25, 0.3) is 0 Å². The Kier molecular flexibility index (Phi) is 3.52. The summed E-state index contributed by atoms with van der Waals surface area (Å²) in [6.45, 7) is 0.826. The predicted molar refractivity (Wildman–Crippen MR) is 99.9 cm³/mol. The van der Waals surface area contributed by atoms with E-state index in [1.807, 2.05) is 24.5 Å². The smallest absolute Gasteiger partial charge is 0.224 e. The third-order valence-corrected chi connectivity index (χ3v) is 5.35. The molecule has 126 valence electrons. The summed E-state index contributed by atoms with van der Waals surface area (Å²) in [5, 5.41) is 5.45. The van der Waals surface area contributed by atoms with E-state index in [2.05, 4.69) is 37.4 Å². The molecule has 5 rings (SSSR count). The van der Waals surface area contributed by atoms with Gasteiger partial charge in [-0.05, 0) is 42.8 Å². The van der Waals surface area contributed by atoms with Crippen LogP contribution in [0.5, 0.6) is 0 Å². The number of thiophene rings is 1. The topological polar surface area (TPSA) is 71.4 Å². The number of fused-ring (bicyclic) bond motifs is 1. The highest BCUT2D eigenvalue weighted by Gasteiger charge is 2.30. The average Bonchev–Trinajstić information content (AvgIpc) is 3.08. The number of aromatic amines is 1. The van der Waals surface area contributed by atoms with Crippen LogP contribution >= 0.6 is 11.3 Å². The van der Waals surface area contributed by atoms with Gasteiger partial charge in [0, 0.05) is 23.7 Å². The molecule has 0 saturated heterocycles. The van der Waals surface area contributed by atoms with Crippen molar-refractivity contribution >= 4 is 28.4 Å². The standard InChI is InChI=1S/C18H18N6S/c1-4-14(19-8-1)16-22-15-11-21-18(20-9-7-13-3-2-10-25-13)23-17(15)24(16)12-5-6-12/h1-4,8,10-12,19H,5-7,9H2,(H,20,21,23). The molecule has 1 saturated carbocycles. The van der Waals surface area contributed by atoms with E-state index in [1.54, 1.807) is 11.3 Å².